The van der Waals surface area contributed by atoms with Crippen LogP contribution in [0.4, 0.5) is 0 Å². The number of allylic oxidation sites excluding steroid dienone is 3. The molecule has 1 saturated carbocycles. The number of rotatable bonds is 5. The minimum absolute atomic E-state index is 0.107. The van der Waals surface area contributed by atoms with Crippen molar-refractivity contribution in [3.63, 3.8) is 0 Å². The van der Waals surface area contributed by atoms with Crippen LogP contribution >= 0.6 is 0 Å². The molecule has 0 aromatic carbocycles. The van der Waals surface area contributed by atoms with E-state index >= 15 is 0 Å². The molecule has 1 aliphatic rings. The number of nitrogens with two attached hydrogens (primary N) is 1. The third-order valence-corrected chi connectivity index (χ3v) is 3.49. The van der Waals surface area contributed by atoms with Gasteiger partial charge in [0.1, 0.15) is 0 Å². The maximum absolute atomic E-state index is 12.1. The van der Waals surface area contributed by atoms with Gasteiger partial charge in [-0.2, -0.15) is 0 Å². The first kappa shape index (κ1) is 14.0. The van der Waals surface area contributed by atoms with E-state index in [-0.39, 0.29) is 5.91 Å². The zero-order valence-corrected chi connectivity index (χ0v) is 10.9. The fraction of sp³-hybridized carbons (Fsp3) is 0.643. The Kier molecular flexibility index (Phi) is 5.98. The van der Waals surface area contributed by atoms with E-state index in [0.29, 0.717) is 18.5 Å². The third kappa shape index (κ3) is 3.70. The lowest BCUT2D eigenvalue weighted by atomic mass is 10.0. The predicted octanol–water partition coefficient (Wildman–Crippen LogP) is 2.09. The monoisotopic (exact) mass is 236 g/mol. The second kappa shape index (κ2) is 7.28. The van der Waals surface area contributed by atoms with Gasteiger partial charge in [-0.25, -0.2) is 0 Å². The summed E-state index contributed by atoms with van der Waals surface area (Å²) in [6, 6.07) is 0.341. The summed E-state index contributed by atoms with van der Waals surface area (Å²) in [5.41, 5.74) is 5.77. The maximum atomic E-state index is 12.1. The molecule has 1 fully saturated rings. The molecule has 0 saturated heterocycles. The van der Waals surface area contributed by atoms with Crippen molar-refractivity contribution in [2.24, 2.45) is 11.7 Å². The van der Waals surface area contributed by atoms with Crippen LogP contribution < -0.4 is 5.73 Å². The Morgan fingerprint density at radius 1 is 1.41 bits per heavy atom. The van der Waals surface area contributed by atoms with Crippen LogP contribution in [0, 0.1) is 5.92 Å². The van der Waals surface area contributed by atoms with Crippen LogP contribution in [0.1, 0.15) is 33.1 Å². The molecular weight excluding hydrogens is 212 g/mol. The molecule has 0 spiro atoms. The van der Waals surface area contributed by atoms with Crippen molar-refractivity contribution in [2.45, 2.75) is 39.2 Å². The molecule has 0 aliphatic heterocycles. The number of hydrogen-bond acceptors (Lipinski definition) is 2. The summed E-state index contributed by atoms with van der Waals surface area (Å²) in [5.74, 6) is 0.588. The lowest BCUT2D eigenvalue weighted by Gasteiger charge is -2.31. The lowest BCUT2D eigenvalue weighted by Crippen LogP contribution is -2.43. The number of carbonyl (C=O) groups is 1. The SMILES string of the molecule is CC=CC=CC(=O)N(CC)C1CCCC1CN. The largest absolute Gasteiger partial charge is 0.336 e. The Labute approximate surface area is 104 Å². The zero-order valence-electron chi connectivity index (χ0n) is 10.9. The van der Waals surface area contributed by atoms with Gasteiger partial charge in [-0.05, 0) is 39.2 Å². The van der Waals surface area contributed by atoms with E-state index in [9.17, 15) is 4.79 Å². The molecule has 0 aromatic rings. The van der Waals surface area contributed by atoms with Crippen LogP contribution in [-0.4, -0.2) is 29.9 Å². The van der Waals surface area contributed by atoms with E-state index in [1.54, 1.807) is 12.2 Å². The molecule has 0 heterocycles. The number of amides is 1. The molecule has 0 aromatic heterocycles. The first-order valence-corrected chi connectivity index (χ1v) is 6.54. The van der Waals surface area contributed by atoms with Crippen molar-refractivity contribution >= 4 is 5.91 Å². The van der Waals surface area contributed by atoms with Crippen LogP contribution in [0.2, 0.25) is 0 Å². The Bertz CT molecular complexity index is 297. The second-order valence-electron chi connectivity index (χ2n) is 4.50. The van der Waals surface area contributed by atoms with Crippen molar-refractivity contribution in [3.05, 3.63) is 24.3 Å². The van der Waals surface area contributed by atoms with Gasteiger partial charge in [0.05, 0.1) is 0 Å². The summed E-state index contributed by atoms with van der Waals surface area (Å²) < 4.78 is 0. The van der Waals surface area contributed by atoms with Gasteiger partial charge in [-0.1, -0.05) is 24.6 Å². The number of hydrogen-bond donors (Lipinski definition) is 1. The first-order valence-electron chi connectivity index (χ1n) is 6.54. The van der Waals surface area contributed by atoms with Gasteiger partial charge in [0.25, 0.3) is 0 Å². The second-order valence-corrected chi connectivity index (χ2v) is 4.50. The highest BCUT2D eigenvalue weighted by atomic mass is 16.2. The molecule has 0 bridgehead atoms. The first-order chi connectivity index (χ1) is 8.24. The van der Waals surface area contributed by atoms with Crippen molar-refractivity contribution in [1.29, 1.82) is 0 Å². The van der Waals surface area contributed by atoms with E-state index < -0.39 is 0 Å². The van der Waals surface area contributed by atoms with Gasteiger partial charge >= 0.3 is 0 Å². The number of nitrogens with zero attached hydrogens (tertiary/aromatic N) is 1. The predicted molar refractivity (Wildman–Crippen MR) is 71.5 cm³/mol. The van der Waals surface area contributed by atoms with Gasteiger partial charge in [-0.3, -0.25) is 4.79 Å². The summed E-state index contributed by atoms with van der Waals surface area (Å²) in [4.78, 5) is 14.0. The van der Waals surface area contributed by atoms with Crippen molar-refractivity contribution < 1.29 is 4.79 Å². The smallest absolute Gasteiger partial charge is 0.246 e. The third-order valence-electron chi connectivity index (χ3n) is 3.49. The molecule has 2 unspecified atom stereocenters. The fourth-order valence-electron chi connectivity index (χ4n) is 2.60. The molecule has 1 rings (SSSR count). The summed E-state index contributed by atoms with van der Waals surface area (Å²) in [6.45, 7) is 5.42. The molecule has 3 nitrogen and oxygen atoms in total. The molecule has 2 atom stereocenters. The molecule has 17 heavy (non-hydrogen) atoms. The van der Waals surface area contributed by atoms with Gasteiger partial charge < -0.3 is 10.6 Å². The van der Waals surface area contributed by atoms with Crippen LogP contribution in [0.15, 0.2) is 24.3 Å². The maximum Gasteiger partial charge on any atom is 0.246 e. The Morgan fingerprint density at radius 3 is 2.76 bits per heavy atom. The molecule has 1 aliphatic carbocycles. The van der Waals surface area contributed by atoms with Crippen LogP contribution in [-0.2, 0) is 4.79 Å². The standard InChI is InChI=1S/C14H24N2O/c1-3-5-6-10-14(17)16(4-2)13-9-7-8-12(13)11-15/h3,5-6,10,12-13H,4,7-9,11,15H2,1-2H3. The minimum Gasteiger partial charge on any atom is -0.336 e. The van der Waals surface area contributed by atoms with E-state index in [1.807, 2.05) is 30.9 Å². The van der Waals surface area contributed by atoms with Gasteiger partial charge in [-0.15, -0.1) is 0 Å². The minimum atomic E-state index is 0.107. The Balaban J connectivity index is 2.66. The zero-order chi connectivity index (χ0) is 12.7. The van der Waals surface area contributed by atoms with Crippen LogP contribution in [0.5, 0.6) is 0 Å². The quantitative estimate of drug-likeness (QED) is 0.587. The molecular formula is C14H24N2O. The summed E-state index contributed by atoms with van der Waals surface area (Å²) in [5, 5.41) is 0. The van der Waals surface area contributed by atoms with Crippen molar-refractivity contribution in [1.82, 2.24) is 4.90 Å². The summed E-state index contributed by atoms with van der Waals surface area (Å²) >= 11 is 0. The highest BCUT2D eigenvalue weighted by Gasteiger charge is 2.32. The van der Waals surface area contributed by atoms with Gasteiger partial charge in [0, 0.05) is 18.7 Å². The van der Waals surface area contributed by atoms with E-state index in [0.717, 1.165) is 19.4 Å². The highest BCUT2D eigenvalue weighted by Crippen LogP contribution is 2.29. The summed E-state index contributed by atoms with van der Waals surface area (Å²) in [6.07, 6.45) is 10.7. The van der Waals surface area contributed by atoms with Crippen LogP contribution in [0.3, 0.4) is 0 Å². The highest BCUT2D eigenvalue weighted by molar-refractivity contribution is 5.88. The summed E-state index contributed by atoms with van der Waals surface area (Å²) in [7, 11) is 0. The normalized spacial score (nSPS) is 24.9. The van der Waals surface area contributed by atoms with Crippen molar-refractivity contribution in [3.8, 4) is 0 Å². The molecule has 96 valence electrons. The van der Waals surface area contributed by atoms with E-state index in [1.165, 1.54) is 6.42 Å². The number of likely N-dealkylation sites (N-methyl/N-ethyl adjacent to an activating group) is 1. The van der Waals surface area contributed by atoms with Gasteiger partial charge in [0.2, 0.25) is 5.91 Å². The average Bonchev–Trinajstić information content (AvgIpc) is 2.78. The fourth-order valence-corrected chi connectivity index (χ4v) is 2.60. The average molecular weight is 236 g/mol. The topological polar surface area (TPSA) is 46.3 Å². The molecule has 2 N–H and O–H groups in total. The van der Waals surface area contributed by atoms with E-state index in [2.05, 4.69) is 0 Å². The molecule has 3 heteroatoms. The van der Waals surface area contributed by atoms with E-state index in [4.69, 9.17) is 5.73 Å². The van der Waals surface area contributed by atoms with Crippen LogP contribution in [0.25, 0.3) is 0 Å². The van der Waals surface area contributed by atoms with Gasteiger partial charge in [0.15, 0.2) is 0 Å². The number of carbonyl (C=O) groups excluding carboxylic acids is 1. The molecule has 1 amide bonds. The molecule has 0 radical (unpaired) electrons. The van der Waals surface area contributed by atoms with Crippen molar-refractivity contribution in [2.75, 3.05) is 13.1 Å². The Morgan fingerprint density at radius 2 is 2.18 bits per heavy atom. The lowest BCUT2D eigenvalue weighted by molar-refractivity contribution is -0.128. The Hall–Kier alpha value is -1.09.